The number of carbonyl (C=O) groups is 1. The van der Waals surface area contributed by atoms with E-state index in [9.17, 15) is 4.79 Å². The van der Waals surface area contributed by atoms with Crippen LogP contribution in [-0.4, -0.2) is 17.5 Å². The van der Waals surface area contributed by atoms with Crippen LogP contribution in [0.4, 0.5) is 5.69 Å². The number of thiocarbonyl (C=S) groups is 1. The van der Waals surface area contributed by atoms with E-state index < -0.39 is 0 Å². The lowest BCUT2D eigenvalue weighted by atomic mass is 10.0. The molecular formula is C21H21N3O2S. The van der Waals surface area contributed by atoms with Crippen molar-refractivity contribution >= 4 is 34.9 Å². The number of anilines is 1. The molecule has 1 amide bonds. The van der Waals surface area contributed by atoms with Gasteiger partial charge in [0, 0.05) is 5.69 Å². The molecule has 0 heterocycles. The molecule has 0 radical (unpaired) electrons. The van der Waals surface area contributed by atoms with E-state index in [0.29, 0.717) is 11.7 Å². The Hall–Kier alpha value is -3.17. The monoisotopic (exact) mass is 379 g/mol. The Labute approximate surface area is 164 Å². The molecule has 0 spiro atoms. The van der Waals surface area contributed by atoms with E-state index in [1.165, 1.54) is 0 Å². The van der Waals surface area contributed by atoms with Crippen molar-refractivity contribution in [3.05, 3.63) is 65.2 Å². The van der Waals surface area contributed by atoms with Crippen LogP contribution in [0.15, 0.2) is 54.1 Å². The van der Waals surface area contributed by atoms with Gasteiger partial charge in [-0.25, -0.2) is 0 Å². The van der Waals surface area contributed by atoms with Crippen molar-refractivity contribution in [2.24, 2.45) is 5.73 Å². The third-order valence-corrected chi connectivity index (χ3v) is 4.02. The molecule has 27 heavy (non-hydrogen) atoms. The average molecular weight is 379 g/mol. The number of rotatable bonds is 7. The van der Waals surface area contributed by atoms with Crippen LogP contribution in [0.3, 0.4) is 0 Å². The zero-order valence-electron chi connectivity index (χ0n) is 15.2. The molecule has 2 aromatic rings. The standard InChI is InChI=1S/C21H21N3O2S/c1-14(2)18-5-3-4-6-19(18)24-20(25)13-26-17-9-7-15(8-10-17)11-16(12-22)21(23)27/h3-11,14H,13H2,1-2H3,(H2,23,27)(H,24,25)/b16-11+. The number of ether oxygens (including phenoxy) is 1. The van der Waals surface area contributed by atoms with Crippen LogP contribution in [0.1, 0.15) is 30.9 Å². The zero-order valence-corrected chi connectivity index (χ0v) is 16.0. The molecule has 0 aliphatic carbocycles. The minimum atomic E-state index is -0.229. The Morgan fingerprint density at radius 1 is 1.26 bits per heavy atom. The molecule has 0 aliphatic rings. The van der Waals surface area contributed by atoms with Gasteiger partial charge in [-0.1, -0.05) is 56.4 Å². The van der Waals surface area contributed by atoms with Gasteiger partial charge in [-0.05, 0) is 41.3 Å². The summed E-state index contributed by atoms with van der Waals surface area (Å²) >= 11 is 4.81. The SMILES string of the molecule is CC(C)c1ccccc1NC(=O)COc1ccc(/C=C(\C#N)C(N)=S)cc1. The normalized spacial score (nSPS) is 11.0. The number of hydrogen-bond donors (Lipinski definition) is 2. The summed E-state index contributed by atoms with van der Waals surface area (Å²) in [4.78, 5) is 12.2. The third kappa shape index (κ3) is 5.94. The van der Waals surface area contributed by atoms with E-state index in [-0.39, 0.29) is 23.1 Å². The van der Waals surface area contributed by atoms with E-state index in [1.807, 2.05) is 30.3 Å². The molecule has 0 saturated heterocycles. The molecule has 0 atom stereocenters. The average Bonchev–Trinajstić information content (AvgIpc) is 2.65. The van der Waals surface area contributed by atoms with Gasteiger partial charge in [0.25, 0.3) is 5.91 Å². The van der Waals surface area contributed by atoms with Crippen LogP contribution < -0.4 is 15.8 Å². The molecule has 0 saturated carbocycles. The number of para-hydroxylation sites is 1. The van der Waals surface area contributed by atoms with E-state index >= 15 is 0 Å². The minimum absolute atomic E-state index is 0.0520. The molecule has 3 N–H and O–H groups in total. The molecule has 6 heteroatoms. The molecular weight excluding hydrogens is 358 g/mol. The molecule has 2 rings (SSSR count). The highest BCUT2D eigenvalue weighted by atomic mass is 32.1. The Morgan fingerprint density at radius 2 is 1.93 bits per heavy atom. The predicted molar refractivity (Wildman–Crippen MR) is 111 cm³/mol. The molecule has 138 valence electrons. The van der Waals surface area contributed by atoms with Crippen molar-refractivity contribution in [3.8, 4) is 11.8 Å². The van der Waals surface area contributed by atoms with Gasteiger partial charge in [-0.2, -0.15) is 5.26 Å². The minimum Gasteiger partial charge on any atom is -0.484 e. The van der Waals surface area contributed by atoms with E-state index in [1.54, 1.807) is 30.3 Å². The molecule has 0 aromatic heterocycles. The Bertz CT molecular complexity index is 896. The summed E-state index contributed by atoms with van der Waals surface area (Å²) in [5, 5.41) is 11.9. The summed E-state index contributed by atoms with van der Waals surface area (Å²) in [6.07, 6.45) is 1.60. The summed E-state index contributed by atoms with van der Waals surface area (Å²) in [6.45, 7) is 4.05. The first-order chi connectivity index (χ1) is 12.9. The number of amides is 1. The summed E-state index contributed by atoms with van der Waals surface area (Å²) in [5.41, 5.74) is 8.35. The fourth-order valence-corrected chi connectivity index (χ4v) is 2.54. The van der Waals surface area contributed by atoms with Crippen molar-refractivity contribution < 1.29 is 9.53 Å². The lowest BCUT2D eigenvalue weighted by Gasteiger charge is -2.14. The first kappa shape index (κ1) is 20.1. The van der Waals surface area contributed by atoms with Crippen LogP contribution in [0, 0.1) is 11.3 Å². The largest absolute Gasteiger partial charge is 0.484 e. The highest BCUT2D eigenvalue weighted by molar-refractivity contribution is 7.80. The van der Waals surface area contributed by atoms with Gasteiger partial charge in [0.1, 0.15) is 16.8 Å². The quantitative estimate of drug-likeness (QED) is 0.431. The molecule has 2 aromatic carbocycles. The highest BCUT2D eigenvalue weighted by Crippen LogP contribution is 2.23. The number of hydrogen-bond acceptors (Lipinski definition) is 4. The van der Waals surface area contributed by atoms with Crippen LogP contribution in [0.2, 0.25) is 0 Å². The summed E-state index contributed by atoms with van der Waals surface area (Å²) in [6, 6.07) is 16.6. The van der Waals surface area contributed by atoms with E-state index in [4.69, 9.17) is 28.0 Å². The van der Waals surface area contributed by atoms with Gasteiger partial charge in [0.15, 0.2) is 6.61 Å². The summed E-state index contributed by atoms with van der Waals surface area (Å²) < 4.78 is 5.53. The zero-order chi connectivity index (χ0) is 19.8. The first-order valence-corrected chi connectivity index (χ1v) is 8.84. The fraction of sp³-hybridized carbons (Fsp3) is 0.190. The van der Waals surface area contributed by atoms with Crippen molar-refractivity contribution in [2.45, 2.75) is 19.8 Å². The number of nitrogens with one attached hydrogen (secondary N) is 1. The third-order valence-electron chi connectivity index (χ3n) is 3.80. The number of benzene rings is 2. The maximum Gasteiger partial charge on any atom is 0.262 e. The second kappa shape index (κ2) is 9.51. The highest BCUT2D eigenvalue weighted by Gasteiger charge is 2.09. The van der Waals surface area contributed by atoms with Crippen LogP contribution >= 0.6 is 12.2 Å². The number of carbonyl (C=O) groups excluding carboxylic acids is 1. The topological polar surface area (TPSA) is 88.1 Å². The Balaban J connectivity index is 1.96. The lowest BCUT2D eigenvalue weighted by Crippen LogP contribution is -2.21. The van der Waals surface area contributed by atoms with Gasteiger partial charge in [-0.3, -0.25) is 4.79 Å². The van der Waals surface area contributed by atoms with Crippen molar-refractivity contribution in [1.29, 1.82) is 5.26 Å². The predicted octanol–water partition coefficient (Wildman–Crippen LogP) is 4.02. The van der Waals surface area contributed by atoms with Gasteiger partial charge < -0.3 is 15.8 Å². The number of nitrogens with two attached hydrogens (primary N) is 1. The summed E-state index contributed by atoms with van der Waals surface area (Å²) in [7, 11) is 0. The maximum absolute atomic E-state index is 12.2. The summed E-state index contributed by atoms with van der Waals surface area (Å²) in [5.74, 6) is 0.628. The van der Waals surface area contributed by atoms with Crippen LogP contribution in [-0.2, 0) is 4.79 Å². The molecule has 0 bridgehead atoms. The second-order valence-electron chi connectivity index (χ2n) is 6.18. The van der Waals surface area contributed by atoms with Gasteiger partial charge >= 0.3 is 0 Å². The second-order valence-corrected chi connectivity index (χ2v) is 6.62. The first-order valence-electron chi connectivity index (χ1n) is 8.44. The molecule has 0 aliphatic heterocycles. The Morgan fingerprint density at radius 3 is 2.52 bits per heavy atom. The maximum atomic E-state index is 12.2. The van der Waals surface area contributed by atoms with Gasteiger partial charge in [0.05, 0.1) is 5.57 Å². The Kier molecular flexibility index (Phi) is 7.09. The number of nitrogens with zero attached hydrogens (tertiary/aromatic N) is 1. The molecule has 0 fully saturated rings. The molecule has 0 unspecified atom stereocenters. The molecule has 5 nitrogen and oxygen atoms in total. The van der Waals surface area contributed by atoms with Crippen molar-refractivity contribution in [2.75, 3.05) is 11.9 Å². The van der Waals surface area contributed by atoms with Gasteiger partial charge in [-0.15, -0.1) is 0 Å². The van der Waals surface area contributed by atoms with Crippen LogP contribution in [0.25, 0.3) is 6.08 Å². The smallest absolute Gasteiger partial charge is 0.262 e. The van der Waals surface area contributed by atoms with Crippen molar-refractivity contribution in [3.63, 3.8) is 0 Å². The van der Waals surface area contributed by atoms with Crippen molar-refractivity contribution in [1.82, 2.24) is 0 Å². The van der Waals surface area contributed by atoms with E-state index in [0.717, 1.165) is 16.8 Å². The van der Waals surface area contributed by atoms with Gasteiger partial charge in [0.2, 0.25) is 0 Å². The van der Waals surface area contributed by atoms with E-state index in [2.05, 4.69) is 19.2 Å². The van der Waals surface area contributed by atoms with Crippen LogP contribution in [0.5, 0.6) is 5.75 Å². The lowest BCUT2D eigenvalue weighted by molar-refractivity contribution is -0.118. The number of nitriles is 1. The fourth-order valence-electron chi connectivity index (χ4n) is 2.43.